The van der Waals surface area contributed by atoms with Crippen molar-refractivity contribution in [3.8, 4) is 11.1 Å². The van der Waals surface area contributed by atoms with Crippen molar-refractivity contribution in [2.45, 2.75) is 6.17 Å². The molecule has 48 heavy (non-hydrogen) atoms. The van der Waals surface area contributed by atoms with Crippen molar-refractivity contribution in [1.29, 1.82) is 0 Å². The zero-order valence-corrected chi connectivity index (χ0v) is 25.6. The highest BCUT2D eigenvalue weighted by molar-refractivity contribution is 6.24. The third-order valence-electron chi connectivity index (χ3n) is 9.26. The molecular weight excluding hydrogens is 592 g/mol. The maximum absolute atomic E-state index is 6.25. The Hall–Kier alpha value is -6.53. The van der Waals surface area contributed by atoms with E-state index in [4.69, 9.17) is 18.8 Å². The summed E-state index contributed by atoms with van der Waals surface area (Å²) in [4.78, 5) is 14.9. The average molecular weight is 619 g/mol. The van der Waals surface area contributed by atoms with Gasteiger partial charge < -0.3 is 14.2 Å². The highest BCUT2D eigenvalue weighted by Crippen LogP contribution is 2.40. The summed E-state index contributed by atoms with van der Waals surface area (Å²) in [6.07, 6.45) is 3.25. The van der Waals surface area contributed by atoms with Crippen LogP contribution in [-0.2, 0) is 0 Å². The molecule has 4 heterocycles. The van der Waals surface area contributed by atoms with Gasteiger partial charge in [-0.1, -0.05) is 115 Å². The van der Waals surface area contributed by atoms with Crippen LogP contribution in [0.5, 0.6) is 0 Å². The number of hydrogen-bond acceptors (Lipinski definition) is 6. The summed E-state index contributed by atoms with van der Waals surface area (Å²) >= 11 is 0. The predicted octanol–water partition coefficient (Wildman–Crippen LogP) is 10.2. The van der Waals surface area contributed by atoms with Gasteiger partial charge in [-0.05, 0) is 45.7 Å². The molecule has 9 aromatic rings. The molecule has 1 unspecified atom stereocenters. The molecule has 0 bridgehead atoms. The Bertz CT molecular complexity index is 2770. The van der Waals surface area contributed by atoms with Crippen molar-refractivity contribution < 1.29 is 8.83 Å². The second-order valence-corrected chi connectivity index (χ2v) is 12.0. The topological polar surface area (TPSA) is 75.9 Å². The Labute approximate surface area is 274 Å². The number of rotatable bonds is 4. The third kappa shape index (κ3) is 4.09. The lowest BCUT2D eigenvalue weighted by Gasteiger charge is -2.24. The van der Waals surface area contributed by atoms with Crippen LogP contribution in [0.1, 0.15) is 22.9 Å². The molecule has 1 atom stereocenters. The summed E-state index contributed by atoms with van der Waals surface area (Å²) in [5.74, 6) is 1.35. The Kier molecular flexibility index (Phi) is 5.84. The van der Waals surface area contributed by atoms with Gasteiger partial charge in [0.25, 0.3) is 0 Å². The van der Waals surface area contributed by atoms with Gasteiger partial charge in [0, 0.05) is 38.9 Å². The van der Waals surface area contributed by atoms with Gasteiger partial charge in [0.1, 0.15) is 28.8 Å². The van der Waals surface area contributed by atoms with Crippen LogP contribution in [0, 0.1) is 0 Å². The second-order valence-electron chi connectivity index (χ2n) is 12.0. The summed E-state index contributed by atoms with van der Waals surface area (Å²) in [5.41, 5.74) is 8.40. The third-order valence-corrected chi connectivity index (χ3v) is 9.26. The lowest BCUT2D eigenvalue weighted by Crippen LogP contribution is -2.33. The number of benzene rings is 6. The van der Waals surface area contributed by atoms with Crippen LogP contribution in [-0.4, -0.2) is 16.7 Å². The van der Waals surface area contributed by atoms with Gasteiger partial charge in [-0.15, -0.1) is 0 Å². The van der Waals surface area contributed by atoms with E-state index in [1.54, 1.807) is 6.20 Å². The van der Waals surface area contributed by atoms with E-state index in [0.29, 0.717) is 11.4 Å². The Morgan fingerprint density at radius 1 is 0.458 bits per heavy atom. The number of aromatic nitrogens is 1. The normalized spacial score (nSPS) is 14.9. The fourth-order valence-corrected chi connectivity index (χ4v) is 7.10. The van der Waals surface area contributed by atoms with Crippen molar-refractivity contribution >= 4 is 66.3 Å². The smallest absolute Gasteiger partial charge is 0.161 e. The van der Waals surface area contributed by atoms with Gasteiger partial charge in [0.15, 0.2) is 11.4 Å². The molecule has 1 N–H and O–H groups in total. The maximum atomic E-state index is 6.25. The molecule has 3 aromatic heterocycles. The Morgan fingerprint density at radius 2 is 1.06 bits per heavy atom. The molecule has 1 aliphatic rings. The van der Waals surface area contributed by atoms with Crippen molar-refractivity contribution in [2.75, 3.05) is 0 Å². The largest absolute Gasteiger partial charge is 0.456 e. The molecule has 0 aliphatic carbocycles. The molecule has 10 rings (SSSR count). The average Bonchev–Trinajstić information content (AvgIpc) is 3.73. The SMILES string of the molecule is c1ccc(C2N=C(c3cncc4oc5ccccc5c34)N=C(c3ccc(-c4cccc5oc6ccccc6c45)c4ccccc34)N2)cc1. The van der Waals surface area contributed by atoms with Crippen LogP contribution >= 0.6 is 0 Å². The van der Waals surface area contributed by atoms with E-state index in [1.807, 2.05) is 60.8 Å². The van der Waals surface area contributed by atoms with Crippen LogP contribution in [0.3, 0.4) is 0 Å². The summed E-state index contributed by atoms with van der Waals surface area (Å²) < 4.78 is 12.4. The fraction of sp³-hybridized carbons (Fsp3) is 0.0238. The van der Waals surface area contributed by atoms with Gasteiger partial charge in [-0.3, -0.25) is 4.98 Å². The summed E-state index contributed by atoms with van der Waals surface area (Å²) in [6.45, 7) is 0. The number of fused-ring (bicyclic) bond motifs is 7. The summed E-state index contributed by atoms with van der Waals surface area (Å²) in [5, 5.41) is 10.1. The molecule has 0 radical (unpaired) electrons. The lowest BCUT2D eigenvalue weighted by molar-refractivity contribution is 0.666. The number of furan rings is 2. The molecule has 0 saturated heterocycles. The molecule has 6 aromatic carbocycles. The highest BCUT2D eigenvalue weighted by Gasteiger charge is 2.25. The molecule has 0 fully saturated rings. The van der Waals surface area contributed by atoms with Crippen molar-refractivity contribution in [2.24, 2.45) is 9.98 Å². The van der Waals surface area contributed by atoms with Gasteiger partial charge in [-0.25, -0.2) is 9.98 Å². The Balaban J connectivity index is 1.19. The molecule has 0 saturated carbocycles. The molecule has 6 heteroatoms. The molecule has 0 spiro atoms. The lowest BCUT2D eigenvalue weighted by atomic mass is 9.92. The van der Waals surface area contributed by atoms with E-state index in [9.17, 15) is 0 Å². The first-order valence-corrected chi connectivity index (χ1v) is 16.0. The van der Waals surface area contributed by atoms with Crippen LogP contribution in [0.15, 0.2) is 165 Å². The first kappa shape index (κ1) is 26.7. The van der Waals surface area contributed by atoms with Crippen molar-refractivity contribution in [3.63, 3.8) is 0 Å². The quantitative estimate of drug-likeness (QED) is 0.213. The van der Waals surface area contributed by atoms with E-state index < -0.39 is 0 Å². The first-order valence-electron chi connectivity index (χ1n) is 16.0. The predicted molar refractivity (Wildman–Crippen MR) is 194 cm³/mol. The van der Waals surface area contributed by atoms with E-state index in [1.165, 1.54) is 0 Å². The minimum absolute atomic E-state index is 0.355. The molecule has 0 amide bonds. The summed E-state index contributed by atoms with van der Waals surface area (Å²) in [7, 11) is 0. The van der Waals surface area contributed by atoms with E-state index in [-0.39, 0.29) is 6.17 Å². The number of nitrogens with zero attached hydrogens (tertiary/aromatic N) is 3. The van der Waals surface area contributed by atoms with Gasteiger partial charge in [0.05, 0.1) is 6.20 Å². The summed E-state index contributed by atoms with van der Waals surface area (Å²) in [6, 6.07) is 45.7. The number of nitrogens with one attached hydrogen (secondary N) is 1. The minimum atomic E-state index is -0.355. The van der Waals surface area contributed by atoms with E-state index >= 15 is 0 Å². The number of para-hydroxylation sites is 2. The molecule has 1 aliphatic heterocycles. The van der Waals surface area contributed by atoms with Gasteiger partial charge >= 0.3 is 0 Å². The van der Waals surface area contributed by atoms with Crippen LogP contribution in [0.4, 0.5) is 0 Å². The van der Waals surface area contributed by atoms with Gasteiger partial charge in [-0.2, -0.15) is 0 Å². The zero-order chi connectivity index (χ0) is 31.6. The first-order chi connectivity index (χ1) is 23.8. The van der Waals surface area contributed by atoms with E-state index in [0.717, 1.165) is 82.7 Å². The minimum Gasteiger partial charge on any atom is -0.456 e. The molecule has 226 valence electrons. The van der Waals surface area contributed by atoms with Crippen LogP contribution < -0.4 is 5.32 Å². The number of aliphatic imine (C=N–C) groups is 2. The van der Waals surface area contributed by atoms with Crippen LogP contribution in [0.25, 0.3) is 65.8 Å². The standard InChI is InChI=1S/C42H26N4O2/c1-2-11-25(12-3-1)40-44-41(46-42(45-40)33-23-43-24-37-39(33)32-16-7-9-19-35(32)48-37)30-22-21-28(26-13-4-5-14-27(26)30)29-17-10-20-36-38(29)31-15-6-8-18-34(31)47-36/h1-24,40H,(H,44,45,46). The van der Waals surface area contributed by atoms with Gasteiger partial charge in [0.2, 0.25) is 0 Å². The highest BCUT2D eigenvalue weighted by atomic mass is 16.3. The van der Waals surface area contributed by atoms with Crippen molar-refractivity contribution in [3.05, 3.63) is 163 Å². The molecular formula is C42H26N4O2. The maximum Gasteiger partial charge on any atom is 0.161 e. The number of amidine groups is 2. The fourth-order valence-electron chi connectivity index (χ4n) is 7.10. The number of pyridine rings is 1. The van der Waals surface area contributed by atoms with Crippen LogP contribution in [0.2, 0.25) is 0 Å². The zero-order valence-electron chi connectivity index (χ0n) is 25.6. The van der Waals surface area contributed by atoms with Crippen molar-refractivity contribution in [1.82, 2.24) is 10.3 Å². The molecule has 6 nitrogen and oxygen atoms in total. The van der Waals surface area contributed by atoms with E-state index in [2.05, 4.69) is 89.2 Å². The number of hydrogen-bond donors (Lipinski definition) is 1. The monoisotopic (exact) mass is 618 g/mol. The second kappa shape index (κ2) is 10.5. The Morgan fingerprint density at radius 3 is 1.83 bits per heavy atom.